The number of aromatic nitrogens is 1. The number of nitrogens with zero attached hydrogens (tertiary/aromatic N) is 1. The Balaban J connectivity index is 2.31. The van der Waals surface area contributed by atoms with E-state index in [0.29, 0.717) is 15.6 Å². The van der Waals surface area contributed by atoms with Crippen molar-refractivity contribution in [2.24, 2.45) is 0 Å². The summed E-state index contributed by atoms with van der Waals surface area (Å²) in [5.41, 5.74) is 1.56. The molecule has 0 atom stereocenters. The Morgan fingerprint density at radius 2 is 2.10 bits per heavy atom. The molecule has 2 nitrogen and oxygen atoms in total. The van der Waals surface area contributed by atoms with Crippen LogP contribution in [0.3, 0.4) is 0 Å². The normalized spacial score (nSPS) is 11.0. The van der Waals surface area contributed by atoms with Gasteiger partial charge < -0.3 is 5.32 Å². The second-order valence-electron chi connectivity index (χ2n) is 4.94. The molecule has 2 aromatic rings. The summed E-state index contributed by atoms with van der Waals surface area (Å²) in [6.07, 6.45) is 3.04. The van der Waals surface area contributed by atoms with Gasteiger partial charge in [-0.15, -0.1) is 11.3 Å². The first kappa shape index (κ1) is 16.4. The minimum atomic E-state index is -0.274. The van der Waals surface area contributed by atoms with Crippen LogP contribution in [0.1, 0.15) is 37.3 Å². The van der Waals surface area contributed by atoms with Crippen LogP contribution in [0, 0.1) is 5.82 Å². The molecule has 5 heteroatoms. The largest absolute Gasteiger partial charge is 0.312 e. The number of hydrogen-bond donors (Lipinski definition) is 1. The molecule has 0 bridgehead atoms. The van der Waals surface area contributed by atoms with Crippen molar-refractivity contribution in [1.82, 2.24) is 10.3 Å². The Morgan fingerprint density at radius 1 is 1.29 bits per heavy atom. The van der Waals surface area contributed by atoms with Crippen molar-refractivity contribution in [2.75, 3.05) is 6.54 Å². The van der Waals surface area contributed by atoms with Crippen LogP contribution in [0.2, 0.25) is 5.02 Å². The van der Waals surface area contributed by atoms with Gasteiger partial charge in [0, 0.05) is 22.0 Å². The maximum Gasteiger partial charge on any atom is 0.133 e. The third-order valence-corrected chi connectivity index (χ3v) is 4.50. The van der Waals surface area contributed by atoms with Gasteiger partial charge in [-0.05, 0) is 37.6 Å². The van der Waals surface area contributed by atoms with Crippen LogP contribution in [0.5, 0.6) is 0 Å². The zero-order chi connectivity index (χ0) is 15.2. The van der Waals surface area contributed by atoms with Gasteiger partial charge in [-0.25, -0.2) is 9.37 Å². The van der Waals surface area contributed by atoms with Crippen molar-refractivity contribution in [1.29, 1.82) is 0 Å². The SMILES string of the molecule is CCCNCc1sc(-c2cc(Cl)ccc2F)nc1CCC. The number of hydrogen-bond acceptors (Lipinski definition) is 3. The quantitative estimate of drug-likeness (QED) is 0.720. The van der Waals surface area contributed by atoms with E-state index in [-0.39, 0.29) is 5.82 Å². The Bertz CT molecular complexity index is 598. The average molecular weight is 327 g/mol. The van der Waals surface area contributed by atoms with Gasteiger partial charge in [0.05, 0.1) is 5.69 Å². The van der Waals surface area contributed by atoms with Crippen LogP contribution in [-0.4, -0.2) is 11.5 Å². The minimum absolute atomic E-state index is 0.274. The van der Waals surface area contributed by atoms with Crippen LogP contribution in [0.15, 0.2) is 18.2 Å². The standard InChI is InChI=1S/C16H20ClFN2S/c1-3-5-14-15(10-19-8-4-2)21-16(20-14)12-9-11(17)6-7-13(12)18/h6-7,9,19H,3-5,8,10H2,1-2H3. The Labute approximate surface area is 134 Å². The predicted octanol–water partition coefficient (Wildman–Crippen LogP) is 5.05. The fraction of sp³-hybridized carbons (Fsp3) is 0.438. The van der Waals surface area contributed by atoms with E-state index in [0.717, 1.165) is 38.0 Å². The van der Waals surface area contributed by atoms with Gasteiger partial charge >= 0.3 is 0 Å². The highest BCUT2D eigenvalue weighted by Gasteiger charge is 2.15. The summed E-state index contributed by atoms with van der Waals surface area (Å²) in [6, 6.07) is 4.60. The van der Waals surface area contributed by atoms with Gasteiger partial charge in [0.15, 0.2) is 0 Å². The number of thiazole rings is 1. The van der Waals surface area contributed by atoms with E-state index in [1.807, 2.05) is 0 Å². The molecule has 21 heavy (non-hydrogen) atoms. The zero-order valence-electron chi connectivity index (χ0n) is 12.4. The molecule has 0 saturated carbocycles. The molecule has 0 fully saturated rings. The van der Waals surface area contributed by atoms with E-state index in [1.165, 1.54) is 10.9 Å². The maximum atomic E-state index is 14.0. The summed E-state index contributed by atoms with van der Waals surface area (Å²) in [5.74, 6) is -0.274. The molecule has 2 rings (SSSR count). The molecule has 0 aliphatic rings. The van der Waals surface area contributed by atoms with Crippen LogP contribution < -0.4 is 5.32 Å². The van der Waals surface area contributed by atoms with Crippen LogP contribution in [0.4, 0.5) is 4.39 Å². The first-order chi connectivity index (χ1) is 10.2. The summed E-state index contributed by atoms with van der Waals surface area (Å²) in [6.45, 7) is 6.04. The van der Waals surface area contributed by atoms with Crippen molar-refractivity contribution in [3.63, 3.8) is 0 Å². The lowest BCUT2D eigenvalue weighted by Crippen LogP contribution is -2.13. The second kappa shape index (κ2) is 7.87. The van der Waals surface area contributed by atoms with Crippen molar-refractivity contribution in [3.8, 4) is 10.6 Å². The fourth-order valence-electron chi connectivity index (χ4n) is 2.11. The Morgan fingerprint density at radius 3 is 2.81 bits per heavy atom. The lowest BCUT2D eigenvalue weighted by Gasteiger charge is -2.02. The summed E-state index contributed by atoms with van der Waals surface area (Å²) in [7, 11) is 0. The van der Waals surface area contributed by atoms with Crippen LogP contribution >= 0.6 is 22.9 Å². The van der Waals surface area contributed by atoms with Gasteiger partial charge in [-0.3, -0.25) is 0 Å². The lowest BCUT2D eigenvalue weighted by atomic mass is 10.2. The van der Waals surface area contributed by atoms with E-state index < -0.39 is 0 Å². The lowest BCUT2D eigenvalue weighted by molar-refractivity contribution is 0.631. The molecule has 114 valence electrons. The number of aryl methyl sites for hydroxylation is 1. The maximum absolute atomic E-state index is 14.0. The van der Waals surface area contributed by atoms with E-state index in [9.17, 15) is 4.39 Å². The third kappa shape index (κ3) is 4.25. The minimum Gasteiger partial charge on any atom is -0.312 e. The summed E-state index contributed by atoms with van der Waals surface area (Å²) >= 11 is 7.53. The fourth-order valence-corrected chi connectivity index (χ4v) is 3.38. The summed E-state index contributed by atoms with van der Waals surface area (Å²) in [4.78, 5) is 5.82. The topological polar surface area (TPSA) is 24.9 Å². The summed E-state index contributed by atoms with van der Waals surface area (Å²) < 4.78 is 14.0. The van der Waals surface area contributed by atoms with Gasteiger partial charge in [0.2, 0.25) is 0 Å². The van der Waals surface area contributed by atoms with Crippen molar-refractivity contribution in [2.45, 2.75) is 39.7 Å². The zero-order valence-corrected chi connectivity index (χ0v) is 14.0. The molecule has 0 saturated heterocycles. The monoisotopic (exact) mass is 326 g/mol. The van der Waals surface area contributed by atoms with E-state index >= 15 is 0 Å². The highest BCUT2D eigenvalue weighted by Crippen LogP contribution is 2.32. The second-order valence-corrected chi connectivity index (χ2v) is 6.46. The first-order valence-corrected chi connectivity index (χ1v) is 8.49. The number of halogens is 2. The van der Waals surface area contributed by atoms with Crippen molar-refractivity contribution in [3.05, 3.63) is 39.6 Å². The number of rotatable bonds is 7. The molecule has 0 aliphatic heterocycles. The van der Waals surface area contributed by atoms with E-state index in [1.54, 1.807) is 23.5 Å². The first-order valence-electron chi connectivity index (χ1n) is 7.30. The van der Waals surface area contributed by atoms with Crippen molar-refractivity contribution < 1.29 is 4.39 Å². The molecule has 0 spiro atoms. The Hall–Kier alpha value is -0.970. The molecular weight excluding hydrogens is 307 g/mol. The van der Waals surface area contributed by atoms with Gasteiger partial charge in [-0.1, -0.05) is 31.9 Å². The van der Waals surface area contributed by atoms with Crippen molar-refractivity contribution >= 4 is 22.9 Å². The molecule has 1 N–H and O–H groups in total. The molecular formula is C16H20ClFN2S. The predicted molar refractivity (Wildman–Crippen MR) is 88.5 cm³/mol. The molecule has 0 aliphatic carbocycles. The van der Waals surface area contributed by atoms with E-state index in [4.69, 9.17) is 11.6 Å². The average Bonchev–Trinajstić information content (AvgIpc) is 2.85. The molecule has 0 radical (unpaired) electrons. The van der Waals surface area contributed by atoms with Gasteiger partial charge in [0.25, 0.3) is 0 Å². The third-order valence-electron chi connectivity index (χ3n) is 3.14. The summed E-state index contributed by atoms with van der Waals surface area (Å²) in [5, 5.41) is 4.64. The van der Waals surface area contributed by atoms with Crippen LogP contribution in [0.25, 0.3) is 10.6 Å². The molecule has 0 amide bonds. The highest BCUT2D eigenvalue weighted by molar-refractivity contribution is 7.15. The van der Waals surface area contributed by atoms with Crippen LogP contribution in [-0.2, 0) is 13.0 Å². The smallest absolute Gasteiger partial charge is 0.133 e. The number of nitrogens with one attached hydrogen (secondary N) is 1. The molecule has 1 aromatic carbocycles. The molecule has 1 aromatic heterocycles. The Kier molecular flexibility index (Phi) is 6.15. The number of benzene rings is 1. The van der Waals surface area contributed by atoms with E-state index in [2.05, 4.69) is 24.1 Å². The van der Waals surface area contributed by atoms with Gasteiger partial charge in [0.1, 0.15) is 10.8 Å². The highest BCUT2D eigenvalue weighted by atomic mass is 35.5. The molecule has 1 heterocycles. The van der Waals surface area contributed by atoms with Gasteiger partial charge in [-0.2, -0.15) is 0 Å². The molecule has 0 unspecified atom stereocenters.